The fourth-order valence-electron chi connectivity index (χ4n) is 5.00. The number of aromatic nitrogens is 2. The van der Waals surface area contributed by atoms with Gasteiger partial charge in [-0.3, -0.25) is 0 Å². The highest BCUT2D eigenvalue weighted by Gasteiger charge is 2.27. The maximum absolute atomic E-state index is 6.13. The molecule has 0 unspecified atom stereocenters. The maximum Gasteiger partial charge on any atom is 0.163 e. The van der Waals surface area contributed by atoms with Gasteiger partial charge in [0.2, 0.25) is 0 Å². The molecule has 3 heterocycles. The van der Waals surface area contributed by atoms with Crippen molar-refractivity contribution in [2.75, 3.05) is 25.7 Å². The molecule has 2 aromatic heterocycles. The first-order valence-electron chi connectivity index (χ1n) is 11.2. The van der Waals surface area contributed by atoms with E-state index in [0.717, 1.165) is 65.9 Å². The van der Waals surface area contributed by atoms with Crippen molar-refractivity contribution in [3.8, 4) is 22.9 Å². The predicted octanol–water partition coefficient (Wildman–Crippen LogP) is 6.08. The van der Waals surface area contributed by atoms with Gasteiger partial charge in [0.15, 0.2) is 17.3 Å². The van der Waals surface area contributed by atoms with Gasteiger partial charge in [0.25, 0.3) is 0 Å². The Kier molecular flexibility index (Phi) is 5.15. The van der Waals surface area contributed by atoms with Crippen molar-refractivity contribution in [3.05, 3.63) is 63.0 Å². The largest absolute Gasteiger partial charge is 0.493 e. The van der Waals surface area contributed by atoms with Gasteiger partial charge >= 0.3 is 0 Å². The Bertz CT molecular complexity index is 1370. The van der Waals surface area contributed by atoms with Gasteiger partial charge in [0, 0.05) is 28.6 Å². The molecule has 0 bridgehead atoms. The van der Waals surface area contributed by atoms with Crippen LogP contribution in [0.3, 0.4) is 0 Å². The van der Waals surface area contributed by atoms with Gasteiger partial charge in [0.05, 0.1) is 19.6 Å². The Hall–Kier alpha value is -2.83. The molecule has 7 heteroatoms. The number of ether oxygens (including phenoxy) is 2. The molecule has 0 fully saturated rings. The zero-order valence-electron chi connectivity index (χ0n) is 18.7. The SMILES string of the molecule is COc1cc2c(cc1OC)CN(c1nc(-c3ccc(Cl)cc3)nc3sc4c(c13)CCC4)CC2. The highest BCUT2D eigenvalue weighted by atomic mass is 35.5. The van der Waals surface area contributed by atoms with Crippen molar-refractivity contribution in [3.63, 3.8) is 0 Å². The van der Waals surface area contributed by atoms with E-state index in [0.29, 0.717) is 5.02 Å². The van der Waals surface area contributed by atoms with Crippen molar-refractivity contribution in [1.29, 1.82) is 0 Å². The number of hydrogen-bond acceptors (Lipinski definition) is 6. The van der Waals surface area contributed by atoms with Crippen LogP contribution in [-0.2, 0) is 25.8 Å². The molecule has 0 amide bonds. The highest BCUT2D eigenvalue weighted by Crippen LogP contribution is 2.43. The zero-order valence-corrected chi connectivity index (χ0v) is 20.2. The van der Waals surface area contributed by atoms with Crippen LogP contribution < -0.4 is 14.4 Å². The third kappa shape index (κ3) is 3.52. The fraction of sp³-hybridized carbons (Fsp3) is 0.308. The normalized spacial score (nSPS) is 14.9. The van der Waals surface area contributed by atoms with Gasteiger partial charge in [-0.25, -0.2) is 9.97 Å². The van der Waals surface area contributed by atoms with E-state index >= 15 is 0 Å². The van der Waals surface area contributed by atoms with Crippen LogP contribution in [0.25, 0.3) is 21.6 Å². The lowest BCUT2D eigenvalue weighted by molar-refractivity contribution is 0.353. The molecule has 4 aromatic rings. The predicted molar refractivity (Wildman–Crippen MR) is 134 cm³/mol. The molecule has 2 aromatic carbocycles. The summed E-state index contributed by atoms with van der Waals surface area (Å²) in [6.45, 7) is 1.69. The number of rotatable bonds is 4. The van der Waals surface area contributed by atoms with Crippen LogP contribution in [0.4, 0.5) is 5.82 Å². The molecule has 1 aliphatic carbocycles. The van der Waals surface area contributed by atoms with Crippen molar-refractivity contribution in [1.82, 2.24) is 9.97 Å². The number of halogens is 1. The van der Waals surface area contributed by atoms with Gasteiger partial charge < -0.3 is 14.4 Å². The second-order valence-electron chi connectivity index (χ2n) is 8.56. The summed E-state index contributed by atoms with van der Waals surface area (Å²) < 4.78 is 11.1. The summed E-state index contributed by atoms with van der Waals surface area (Å²) in [6, 6.07) is 12.0. The first-order valence-corrected chi connectivity index (χ1v) is 12.4. The van der Waals surface area contributed by atoms with E-state index in [1.54, 1.807) is 14.2 Å². The molecule has 0 N–H and O–H groups in total. The second-order valence-corrected chi connectivity index (χ2v) is 10.1. The van der Waals surface area contributed by atoms with E-state index in [1.807, 2.05) is 35.6 Å². The van der Waals surface area contributed by atoms with Crippen LogP contribution in [0.1, 0.15) is 28.0 Å². The minimum atomic E-state index is 0.715. The number of fused-ring (bicyclic) bond motifs is 4. The van der Waals surface area contributed by atoms with Crippen molar-refractivity contribution in [2.24, 2.45) is 0 Å². The molecule has 6 rings (SSSR count). The van der Waals surface area contributed by atoms with Crippen molar-refractivity contribution < 1.29 is 9.47 Å². The summed E-state index contributed by atoms with van der Waals surface area (Å²) in [4.78, 5) is 15.1. The van der Waals surface area contributed by atoms with Gasteiger partial charge in [0.1, 0.15) is 10.6 Å². The highest BCUT2D eigenvalue weighted by molar-refractivity contribution is 7.19. The number of anilines is 1. The van der Waals surface area contributed by atoms with Gasteiger partial charge in [-0.05, 0) is 78.8 Å². The zero-order chi connectivity index (χ0) is 22.5. The van der Waals surface area contributed by atoms with Gasteiger partial charge in [-0.1, -0.05) is 11.6 Å². The summed E-state index contributed by atoms with van der Waals surface area (Å²) in [6.07, 6.45) is 4.41. The van der Waals surface area contributed by atoms with E-state index in [2.05, 4.69) is 17.0 Å². The summed E-state index contributed by atoms with van der Waals surface area (Å²) in [7, 11) is 3.37. The summed E-state index contributed by atoms with van der Waals surface area (Å²) >= 11 is 7.96. The Morgan fingerprint density at radius 2 is 1.70 bits per heavy atom. The van der Waals surface area contributed by atoms with E-state index in [4.69, 9.17) is 31.0 Å². The van der Waals surface area contributed by atoms with Crippen molar-refractivity contribution >= 4 is 39.0 Å². The maximum atomic E-state index is 6.13. The number of benzene rings is 2. The molecule has 5 nitrogen and oxygen atoms in total. The third-order valence-electron chi connectivity index (χ3n) is 6.67. The monoisotopic (exact) mass is 477 g/mol. The molecule has 0 radical (unpaired) electrons. The Labute approximate surface area is 202 Å². The summed E-state index contributed by atoms with van der Waals surface area (Å²) in [5.41, 5.74) is 5.00. The average Bonchev–Trinajstić information content (AvgIpc) is 3.44. The molecule has 33 heavy (non-hydrogen) atoms. The van der Waals surface area contributed by atoms with Crippen molar-refractivity contribution in [2.45, 2.75) is 32.2 Å². The first-order chi connectivity index (χ1) is 16.1. The molecule has 0 spiro atoms. The topological polar surface area (TPSA) is 47.5 Å². The molecule has 0 atom stereocenters. The minimum Gasteiger partial charge on any atom is -0.493 e. The second kappa shape index (κ2) is 8.19. The Morgan fingerprint density at radius 1 is 0.939 bits per heavy atom. The van der Waals surface area contributed by atoms with Gasteiger partial charge in [-0.2, -0.15) is 0 Å². The van der Waals surface area contributed by atoms with E-state index in [1.165, 1.54) is 33.4 Å². The molecule has 0 saturated carbocycles. The van der Waals surface area contributed by atoms with E-state index in [-0.39, 0.29) is 0 Å². The lowest BCUT2D eigenvalue weighted by Gasteiger charge is -2.31. The lowest BCUT2D eigenvalue weighted by atomic mass is 9.98. The van der Waals surface area contributed by atoms with Crippen LogP contribution in [0.15, 0.2) is 36.4 Å². The van der Waals surface area contributed by atoms with Crippen LogP contribution >= 0.6 is 22.9 Å². The molecule has 2 aliphatic rings. The number of thiophene rings is 1. The molecule has 1 aliphatic heterocycles. The molecular weight excluding hydrogens is 454 g/mol. The lowest BCUT2D eigenvalue weighted by Crippen LogP contribution is -2.31. The van der Waals surface area contributed by atoms with Crippen LogP contribution in [-0.4, -0.2) is 30.7 Å². The number of methoxy groups -OCH3 is 2. The average molecular weight is 478 g/mol. The Morgan fingerprint density at radius 3 is 2.45 bits per heavy atom. The fourth-order valence-corrected chi connectivity index (χ4v) is 6.38. The first kappa shape index (κ1) is 20.8. The van der Waals surface area contributed by atoms with Crippen LogP contribution in [0.5, 0.6) is 11.5 Å². The molecule has 0 saturated heterocycles. The van der Waals surface area contributed by atoms with Crippen LogP contribution in [0, 0.1) is 0 Å². The van der Waals surface area contributed by atoms with E-state index < -0.39 is 0 Å². The Balaban J connectivity index is 1.48. The van der Waals surface area contributed by atoms with Crippen LogP contribution in [0.2, 0.25) is 5.02 Å². The summed E-state index contributed by atoms with van der Waals surface area (Å²) in [5, 5.41) is 1.96. The quantitative estimate of drug-likeness (QED) is 0.356. The smallest absolute Gasteiger partial charge is 0.163 e. The third-order valence-corrected chi connectivity index (χ3v) is 8.10. The number of aryl methyl sites for hydroxylation is 2. The number of hydrogen-bond donors (Lipinski definition) is 0. The number of nitrogens with zero attached hydrogens (tertiary/aromatic N) is 3. The van der Waals surface area contributed by atoms with Gasteiger partial charge in [-0.15, -0.1) is 11.3 Å². The molecular formula is C26H24ClN3O2S. The molecule has 168 valence electrons. The minimum absolute atomic E-state index is 0.715. The standard InChI is InChI=1S/C26H24ClN3O2S/c1-31-20-12-16-10-11-30(14-17(16)13-21(20)32-2)25-23-19-4-3-5-22(19)33-26(23)29-24(28-25)15-6-8-18(27)9-7-15/h6-9,12-13H,3-5,10-11,14H2,1-2H3. The summed E-state index contributed by atoms with van der Waals surface area (Å²) in [5.74, 6) is 3.36. The van der Waals surface area contributed by atoms with E-state index in [9.17, 15) is 0 Å².